The number of carbonyl (C=O) groups is 1. The fourth-order valence-corrected chi connectivity index (χ4v) is 4.27. The molecule has 1 amide bonds. The van der Waals surface area contributed by atoms with Crippen molar-refractivity contribution in [2.45, 2.75) is 5.25 Å². The average molecular weight is 268 g/mol. The van der Waals surface area contributed by atoms with Gasteiger partial charge in [-0.3, -0.25) is 4.79 Å². The lowest BCUT2D eigenvalue weighted by molar-refractivity contribution is 0.0955. The van der Waals surface area contributed by atoms with Crippen LogP contribution in [0, 0.1) is 0 Å². The van der Waals surface area contributed by atoms with E-state index in [1.54, 1.807) is 12.1 Å². The van der Waals surface area contributed by atoms with Crippen molar-refractivity contribution in [2.24, 2.45) is 0 Å². The van der Waals surface area contributed by atoms with E-state index in [4.69, 9.17) is 5.73 Å². The summed E-state index contributed by atoms with van der Waals surface area (Å²) < 4.78 is 0. The number of hydrogen-bond acceptors (Lipinski definition) is 4. The molecular formula is C12H16N2OS2. The summed E-state index contributed by atoms with van der Waals surface area (Å²) in [4.78, 5) is 11.9. The van der Waals surface area contributed by atoms with E-state index < -0.39 is 0 Å². The number of rotatable bonds is 3. The highest BCUT2D eigenvalue weighted by Crippen LogP contribution is 2.23. The van der Waals surface area contributed by atoms with Gasteiger partial charge in [0, 0.05) is 34.7 Å². The van der Waals surface area contributed by atoms with Crippen LogP contribution in [0.1, 0.15) is 10.4 Å². The minimum absolute atomic E-state index is 0.0701. The van der Waals surface area contributed by atoms with E-state index in [1.807, 2.05) is 35.7 Å². The molecule has 1 atom stereocenters. The molecule has 1 heterocycles. The maximum atomic E-state index is 11.9. The van der Waals surface area contributed by atoms with Gasteiger partial charge >= 0.3 is 0 Å². The fraction of sp³-hybridized carbons (Fsp3) is 0.417. The number of nitrogens with one attached hydrogen (secondary N) is 1. The molecule has 1 aliphatic heterocycles. The van der Waals surface area contributed by atoms with Crippen molar-refractivity contribution in [1.29, 1.82) is 0 Å². The molecule has 1 aromatic carbocycles. The third-order valence-electron chi connectivity index (χ3n) is 2.58. The summed E-state index contributed by atoms with van der Waals surface area (Å²) in [6.45, 7) is 0.727. The van der Waals surface area contributed by atoms with Gasteiger partial charge in [0.1, 0.15) is 0 Å². The third-order valence-corrected chi connectivity index (χ3v) is 5.43. The van der Waals surface area contributed by atoms with Gasteiger partial charge in [0.15, 0.2) is 0 Å². The Bertz CT molecular complexity index is 392. The number of hydrogen-bond donors (Lipinski definition) is 2. The van der Waals surface area contributed by atoms with Gasteiger partial charge in [-0.1, -0.05) is 12.1 Å². The highest BCUT2D eigenvalue weighted by molar-refractivity contribution is 8.06. The van der Waals surface area contributed by atoms with Crippen LogP contribution in [0.25, 0.3) is 0 Å². The molecule has 3 N–H and O–H groups in total. The molecule has 5 heteroatoms. The first kappa shape index (κ1) is 12.6. The van der Waals surface area contributed by atoms with Crippen LogP contribution in [-0.4, -0.2) is 35.0 Å². The lowest BCUT2D eigenvalue weighted by Gasteiger charge is -2.21. The molecule has 1 aliphatic rings. The molecular weight excluding hydrogens is 252 g/mol. The first-order chi connectivity index (χ1) is 8.27. The highest BCUT2D eigenvalue weighted by Gasteiger charge is 2.16. The van der Waals surface area contributed by atoms with E-state index in [0.29, 0.717) is 16.5 Å². The maximum Gasteiger partial charge on any atom is 0.253 e. The zero-order valence-electron chi connectivity index (χ0n) is 9.52. The van der Waals surface area contributed by atoms with Crippen molar-refractivity contribution in [2.75, 3.05) is 29.5 Å². The van der Waals surface area contributed by atoms with Crippen molar-refractivity contribution in [3.8, 4) is 0 Å². The van der Waals surface area contributed by atoms with Crippen LogP contribution in [-0.2, 0) is 0 Å². The molecule has 0 aliphatic carbocycles. The molecule has 0 aromatic heterocycles. The average Bonchev–Trinajstić information content (AvgIpc) is 2.38. The Labute approximate surface area is 110 Å². The molecule has 2 rings (SSSR count). The Morgan fingerprint density at radius 3 is 2.94 bits per heavy atom. The van der Waals surface area contributed by atoms with Crippen LogP contribution in [0.2, 0.25) is 0 Å². The van der Waals surface area contributed by atoms with Gasteiger partial charge in [-0.05, 0) is 12.1 Å². The van der Waals surface area contributed by atoms with Gasteiger partial charge in [0.25, 0.3) is 5.91 Å². The standard InChI is InChI=1S/C12H16N2OS2/c13-11-4-2-1-3-10(11)12(15)14-7-9-8-16-5-6-17-9/h1-4,9H,5-8,13H2,(H,14,15). The molecule has 0 bridgehead atoms. The summed E-state index contributed by atoms with van der Waals surface area (Å²) in [5.74, 6) is 3.45. The molecule has 17 heavy (non-hydrogen) atoms. The molecule has 0 saturated carbocycles. The smallest absolute Gasteiger partial charge is 0.253 e. The minimum Gasteiger partial charge on any atom is -0.398 e. The molecule has 1 saturated heterocycles. The number of nitrogen functional groups attached to an aromatic ring is 1. The summed E-state index contributed by atoms with van der Waals surface area (Å²) in [5.41, 5.74) is 6.87. The van der Waals surface area contributed by atoms with Gasteiger partial charge in [0.05, 0.1) is 5.56 Å². The van der Waals surface area contributed by atoms with Crippen molar-refractivity contribution in [3.05, 3.63) is 29.8 Å². The Morgan fingerprint density at radius 2 is 2.24 bits per heavy atom. The molecule has 1 aromatic rings. The second-order valence-electron chi connectivity index (χ2n) is 3.86. The van der Waals surface area contributed by atoms with Gasteiger partial charge in [0.2, 0.25) is 0 Å². The van der Waals surface area contributed by atoms with Crippen molar-refractivity contribution in [1.82, 2.24) is 5.32 Å². The number of para-hydroxylation sites is 1. The zero-order valence-corrected chi connectivity index (χ0v) is 11.2. The van der Waals surface area contributed by atoms with Crippen molar-refractivity contribution >= 4 is 35.1 Å². The summed E-state index contributed by atoms with van der Waals surface area (Å²) in [5, 5.41) is 3.49. The summed E-state index contributed by atoms with van der Waals surface area (Å²) in [6, 6.07) is 7.17. The Hall–Kier alpha value is -0.810. The van der Waals surface area contributed by atoms with Gasteiger partial charge < -0.3 is 11.1 Å². The van der Waals surface area contributed by atoms with E-state index in [-0.39, 0.29) is 5.91 Å². The number of carbonyl (C=O) groups excluding carboxylic acids is 1. The fourth-order valence-electron chi connectivity index (χ4n) is 1.66. The van der Waals surface area contributed by atoms with E-state index in [1.165, 1.54) is 11.5 Å². The zero-order chi connectivity index (χ0) is 12.1. The van der Waals surface area contributed by atoms with E-state index in [2.05, 4.69) is 5.32 Å². The SMILES string of the molecule is Nc1ccccc1C(=O)NCC1CSCCS1. The molecule has 1 fully saturated rings. The van der Waals surface area contributed by atoms with Crippen LogP contribution in [0.15, 0.2) is 24.3 Å². The van der Waals surface area contributed by atoms with E-state index in [0.717, 1.165) is 12.3 Å². The number of thioether (sulfide) groups is 2. The second kappa shape index (κ2) is 6.21. The first-order valence-corrected chi connectivity index (χ1v) is 7.80. The van der Waals surface area contributed by atoms with Crippen LogP contribution in [0.5, 0.6) is 0 Å². The number of benzene rings is 1. The van der Waals surface area contributed by atoms with Gasteiger partial charge in [-0.25, -0.2) is 0 Å². The third kappa shape index (κ3) is 3.57. The Kier molecular flexibility index (Phi) is 4.62. The van der Waals surface area contributed by atoms with Gasteiger partial charge in [-0.15, -0.1) is 0 Å². The monoisotopic (exact) mass is 268 g/mol. The minimum atomic E-state index is -0.0701. The Balaban J connectivity index is 1.87. The topological polar surface area (TPSA) is 55.1 Å². The lowest BCUT2D eigenvalue weighted by Crippen LogP contribution is -2.33. The van der Waals surface area contributed by atoms with Gasteiger partial charge in [-0.2, -0.15) is 23.5 Å². The summed E-state index contributed by atoms with van der Waals surface area (Å²) in [6.07, 6.45) is 0. The van der Waals surface area contributed by atoms with E-state index in [9.17, 15) is 4.79 Å². The van der Waals surface area contributed by atoms with Crippen LogP contribution >= 0.6 is 23.5 Å². The molecule has 0 spiro atoms. The number of anilines is 1. The van der Waals surface area contributed by atoms with Crippen LogP contribution in [0.3, 0.4) is 0 Å². The lowest BCUT2D eigenvalue weighted by atomic mass is 10.1. The predicted molar refractivity (Wildman–Crippen MR) is 76.8 cm³/mol. The van der Waals surface area contributed by atoms with Crippen molar-refractivity contribution < 1.29 is 4.79 Å². The maximum absolute atomic E-state index is 11.9. The molecule has 92 valence electrons. The second-order valence-corrected chi connectivity index (χ2v) is 6.42. The predicted octanol–water partition coefficient (Wildman–Crippen LogP) is 1.85. The quantitative estimate of drug-likeness (QED) is 0.822. The van der Waals surface area contributed by atoms with Crippen LogP contribution in [0.4, 0.5) is 5.69 Å². The Morgan fingerprint density at radius 1 is 1.41 bits per heavy atom. The largest absolute Gasteiger partial charge is 0.398 e. The summed E-state index contributed by atoms with van der Waals surface area (Å²) in [7, 11) is 0. The summed E-state index contributed by atoms with van der Waals surface area (Å²) >= 11 is 3.89. The highest BCUT2D eigenvalue weighted by atomic mass is 32.2. The van der Waals surface area contributed by atoms with Crippen molar-refractivity contribution in [3.63, 3.8) is 0 Å². The first-order valence-electron chi connectivity index (χ1n) is 5.59. The molecule has 1 unspecified atom stereocenters. The normalized spacial score (nSPS) is 19.9. The molecule has 3 nitrogen and oxygen atoms in total. The van der Waals surface area contributed by atoms with E-state index >= 15 is 0 Å². The van der Waals surface area contributed by atoms with Crippen LogP contribution < -0.4 is 11.1 Å². The number of nitrogens with two attached hydrogens (primary N) is 1. The molecule has 0 radical (unpaired) electrons. The number of amides is 1.